The molecule has 2 aromatic heterocycles. The van der Waals surface area contributed by atoms with E-state index in [2.05, 4.69) is 16.0 Å². The largest absolute Gasteiger partial charge is 0.366 e. The van der Waals surface area contributed by atoms with Crippen LogP contribution in [0.1, 0.15) is 22.7 Å². The van der Waals surface area contributed by atoms with Crippen molar-refractivity contribution >= 4 is 28.3 Å². The van der Waals surface area contributed by atoms with Gasteiger partial charge >= 0.3 is 0 Å². The summed E-state index contributed by atoms with van der Waals surface area (Å²) in [5.74, 6) is -0.650. The maximum atomic E-state index is 13.6. The minimum atomic E-state index is -0.387. The summed E-state index contributed by atoms with van der Waals surface area (Å²) in [5, 5.41) is 10.1. The molecule has 0 atom stereocenters. The summed E-state index contributed by atoms with van der Waals surface area (Å²) in [7, 11) is 1.61. The molecule has 1 fully saturated rings. The molecule has 1 aliphatic heterocycles. The second kappa shape index (κ2) is 9.69. The van der Waals surface area contributed by atoms with Crippen molar-refractivity contribution < 1.29 is 8.78 Å². The summed E-state index contributed by atoms with van der Waals surface area (Å²) in [4.78, 5) is 21.6. The van der Waals surface area contributed by atoms with Crippen LogP contribution in [0.25, 0.3) is 11.0 Å². The zero-order chi connectivity index (χ0) is 25.4. The van der Waals surface area contributed by atoms with E-state index in [0.717, 1.165) is 11.1 Å². The number of pyridine rings is 2. The van der Waals surface area contributed by atoms with Gasteiger partial charge in [0.2, 0.25) is 0 Å². The molecule has 0 bridgehead atoms. The lowest BCUT2D eigenvalue weighted by Gasteiger charge is -2.41. The van der Waals surface area contributed by atoms with Crippen molar-refractivity contribution in [3.8, 4) is 6.07 Å². The molecule has 0 amide bonds. The average molecular weight is 506 g/mol. The number of nitrogens with zero attached hydrogens (tertiary/aromatic N) is 5. The smallest absolute Gasteiger partial charge is 0.270 e. The van der Waals surface area contributed by atoms with Crippen LogP contribution in [-0.4, -0.2) is 40.6 Å². The van der Waals surface area contributed by atoms with Crippen LogP contribution in [0, 0.1) is 23.0 Å². The number of aromatic nitrogens is 2. The van der Waals surface area contributed by atoms with E-state index in [4.69, 9.17) is 11.6 Å². The van der Waals surface area contributed by atoms with Crippen molar-refractivity contribution in [2.75, 3.05) is 31.1 Å². The van der Waals surface area contributed by atoms with Crippen molar-refractivity contribution in [2.24, 2.45) is 7.05 Å². The first-order chi connectivity index (χ1) is 17.4. The molecule has 0 unspecified atom stereocenters. The highest BCUT2D eigenvalue weighted by Gasteiger charge is 2.30. The van der Waals surface area contributed by atoms with E-state index in [1.54, 1.807) is 43.4 Å². The Kier molecular flexibility index (Phi) is 6.44. The van der Waals surface area contributed by atoms with Gasteiger partial charge in [-0.1, -0.05) is 35.9 Å². The summed E-state index contributed by atoms with van der Waals surface area (Å²) in [6, 6.07) is 17.8. The van der Waals surface area contributed by atoms with Crippen molar-refractivity contribution in [1.29, 1.82) is 5.26 Å². The molecule has 9 heteroatoms. The Bertz CT molecular complexity index is 1480. The van der Waals surface area contributed by atoms with Gasteiger partial charge in [0.05, 0.1) is 17.2 Å². The summed E-state index contributed by atoms with van der Waals surface area (Å²) < 4.78 is 28.7. The minimum Gasteiger partial charge on any atom is -0.366 e. The second-order valence-electron chi connectivity index (χ2n) is 8.73. The lowest BCUT2D eigenvalue weighted by molar-refractivity contribution is 0.212. The monoisotopic (exact) mass is 505 g/mol. The van der Waals surface area contributed by atoms with Crippen molar-refractivity contribution in [1.82, 2.24) is 14.5 Å². The third-order valence-corrected chi connectivity index (χ3v) is 6.87. The number of piperazine rings is 1. The second-order valence-corrected chi connectivity index (χ2v) is 9.12. The van der Waals surface area contributed by atoms with E-state index in [0.29, 0.717) is 42.9 Å². The Hall–Kier alpha value is -3.80. The third-order valence-electron chi connectivity index (χ3n) is 6.66. The predicted molar refractivity (Wildman–Crippen MR) is 135 cm³/mol. The van der Waals surface area contributed by atoms with Crippen molar-refractivity contribution in [2.45, 2.75) is 6.04 Å². The molecule has 182 valence electrons. The van der Waals surface area contributed by atoms with Gasteiger partial charge < -0.3 is 9.47 Å². The average Bonchev–Trinajstić information content (AvgIpc) is 2.89. The van der Waals surface area contributed by atoms with Gasteiger partial charge in [-0.3, -0.25) is 9.69 Å². The molecule has 1 aliphatic rings. The first-order valence-electron chi connectivity index (χ1n) is 11.5. The summed E-state index contributed by atoms with van der Waals surface area (Å²) in [5.41, 5.74) is 3.00. The zero-order valence-corrected chi connectivity index (χ0v) is 20.2. The molecule has 6 nitrogen and oxygen atoms in total. The number of aryl methyl sites for hydroxylation is 1. The van der Waals surface area contributed by atoms with Gasteiger partial charge in [-0.2, -0.15) is 5.26 Å². The molecule has 36 heavy (non-hydrogen) atoms. The zero-order valence-electron chi connectivity index (χ0n) is 19.5. The van der Waals surface area contributed by atoms with Crippen LogP contribution in [-0.2, 0) is 7.05 Å². The van der Waals surface area contributed by atoms with E-state index in [1.165, 1.54) is 28.8 Å². The van der Waals surface area contributed by atoms with Gasteiger partial charge in [-0.25, -0.2) is 13.8 Å². The molecule has 1 saturated heterocycles. The fourth-order valence-corrected chi connectivity index (χ4v) is 5.03. The highest BCUT2D eigenvalue weighted by molar-refractivity contribution is 6.29. The molecule has 5 rings (SSSR count). The Balaban J connectivity index is 1.51. The molecule has 0 radical (unpaired) electrons. The van der Waals surface area contributed by atoms with Crippen LogP contribution in [0.15, 0.2) is 65.5 Å². The molecule has 0 spiro atoms. The molecule has 0 saturated carbocycles. The number of fused-ring (bicyclic) bond motifs is 1. The Labute approximate surface area is 211 Å². The Morgan fingerprint density at radius 2 is 1.47 bits per heavy atom. The minimum absolute atomic E-state index is 0.0295. The van der Waals surface area contributed by atoms with Crippen LogP contribution in [0.3, 0.4) is 0 Å². The highest BCUT2D eigenvalue weighted by atomic mass is 35.5. The molecule has 3 heterocycles. The van der Waals surface area contributed by atoms with Gasteiger partial charge in [-0.05, 0) is 47.5 Å². The molecular formula is C27H22ClF2N5O. The lowest BCUT2D eigenvalue weighted by Crippen LogP contribution is -2.48. The van der Waals surface area contributed by atoms with Gasteiger partial charge in [-0.15, -0.1) is 0 Å². The lowest BCUT2D eigenvalue weighted by atomic mass is 9.96. The predicted octanol–water partition coefficient (Wildman–Crippen LogP) is 4.65. The maximum absolute atomic E-state index is 13.6. The van der Waals surface area contributed by atoms with Crippen LogP contribution in [0.5, 0.6) is 0 Å². The topological polar surface area (TPSA) is 65.2 Å². The number of anilines is 1. The Morgan fingerprint density at radius 1 is 0.917 bits per heavy atom. The fraction of sp³-hybridized carbons (Fsp3) is 0.222. The standard InChI is InChI=1S/C27H22ClF2N5O/c1-33-22-10-11-23(28)32-24(22)26(21(16-31)27(33)36)35-14-12-34(13-15-35)25(17-2-6-19(29)7-3-17)18-4-8-20(30)9-5-18/h2-11,25H,12-15H2,1H3. The van der Waals surface area contributed by atoms with Crippen molar-refractivity contribution in [3.63, 3.8) is 0 Å². The van der Waals surface area contributed by atoms with Crippen molar-refractivity contribution in [3.05, 3.63) is 104 Å². The van der Waals surface area contributed by atoms with E-state index < -0.39 is 0 Å². The SMILES string of the molecule is Cn1c(=O)c(C#N)c(N2CCN(C(c3ccc(F)cc3)c3ccc(F)cc3)CC2)c2nc(Cl)ccc21. The number of benzene rings is 2. The summed E-state index contributed by atoms with van der Waals surface area (Å²) in [6.07, 6.45) is 0. The molecule has 0 N–H and O–H groups in total. The van der Waals surface area contributed by atoms with E-state index in [-0.39, 0.29) is 34.0 Å². The van der Waals surface area contributed by atoms with E-state index >= 15 is 0 Å². The van der Waals surface area contributed by atoms with E-state index in [9.17, 15) is 18.8 Å². The maximum Gasteiger partial charge on any atom is 0.270 e. The highest BCUT2D eigenvalue weighted by Crippen LogP contribution is 2.33. The molecule has 0 aliphatic carbocycles. The number of halogens is 3. The summed E-state index contributed by atoms with van der Waals surface area (Å²) in [6.45, 7) is 2.21. The molecular weight excluding hydrogens is 484 g/mol. The number of nitriles is 1. The van der Waals surface area contributed by atoms with Gasteiger partial charge in [0.1, 0.15) is 33.9 Å². The van der Waals surface area contributed by atoms with Crippen LogP contribution < -0.4 is 10.5 Å². The van der Waals surface area contributed by atoms with Gasteiger partial charge in [0, 0.05) is 33.2 Å². The van der Waals surface area contributed by atoms with Crippen LogP contribution in [0.2, 0.25) is 5.15 Å². The van der Waals surface area contributed by atoms with Gasteiger partial charge in [0.25, 0.3) is 5.56 Å². The first-order valence-corrected chi connectivity index (χ1v) is 11.8. The first kappa shape index (κ1) is 23.9. The molecule has 4 aromatic rings. The van der Waals surface area contributed by atoms with Crippen LogP contribution >= 0.6 is 11.6 Å². The number of hydrogen-bond donors (Lipinski definition) is 0. The summed E-state index contributed by atoms with van der Waals surface area (Å²) >= 11 is 6.18. The number of hydrogen-bond acceptors (Lipinski definition) is 5. The quantitative estimate of drug-likeness (QED) is 0.378. The van der Waals surface area contributed by atoms with E-state index in [1.807, 2.05) is 4.90 Å². The van der Waals surface area contributed by atoms with Crippen LogP contribution in [0.4, 0.5) is 14.5 Å². The molecule has 2 aromatic carbocycles. The number of rotatable bonds is 4. The third kappa shape index (κ3) is 4.32. The fourth-order valence-electron chi connectivity index (χ4n) is 4.89. The normalized spacial score (nSPS) is 14.4. The Morgan fingerprint density at radius 3 is 2.00 bits per heavy atom. The van der Waals surface area contributed by atoms with Gasteiger partial charge in [0.15, 0.2) is 0 Å².